The van der Waals surface area contributed by atoms with Crippen molar-refractivity contribution < 1.29 is 4.74 Å². The van der Waals surface area contributed by atoms with Crippen LogP contribution in [0.2, 0.25) is 0 Å². The first-order valence-electron chi connectivity index (χ1n) is 6.60. The Balaban J connectivity index is 2.10. The van der Waals surface area contributed by atoms with Crippen LogP contribution in [0.15, 0.2) is 0 Å². The Labute approximate surface area is 101 Å². The van der Waals surface area contributed by atoms with Crippen LogP contribution in [0.1, 0.15) is 27.2 Å². The number of rotatable bonds is 6. The Morgan fingerprint density at radius 1 is 1.44 bits per heavy atom. The van der Waals surface area contributed by atoms with E-state index < -0.39 is 0 Å². The Kier molecular flexibility index (Phi) is 6.32. The SMILES string of the molecule is CNC1CCN(CCOCC(C)C)CC1C. The molecule has 3 heteroatoms. The maximum Gasteiger partial charge on any atom is 0.0593 e. The van der Waals surface area contributed by atoms with Crippen molar-refractivity contribution in [2.45, 2.75) is 33.2 Å². The average Bonchev–Trinajstić information content (AvgIpc) is 2.24. The molecule has 0 spiro atoms. The molecule has 1 fully saturated rings. The van der Waals surface area contributed by atoms with Gasteiger partial charge in [-0.05, 0) is 31.8 Å². The normalized spacial score (nSPS) is 27.6. The molecule has 1 saturated heterocycles. The van der Waals surface area contributed by atoms with E-state index in [4.69, 9.17) is 4.74 Å². The molecule has 1 aliphatic rings. The molecule has 16 heavy (non-hydrogen) atoms. The van der Waals surface area contributed by atoms with Gasteiger partial charge in [-0.1, -0.05) is 20.8 Å². The second kappa shape index (κ2) is 7.25. The van der Waals surface area contributed by atoms with Crippen LogP contribution in [-0.2, 0) is 4.74 Å². The molecule has 1 heterocycles. The molecule has 1 aliphatic heterocycles. The van der Waals surface area contributed by atoms with Crippen LogP contribution in [0.3, 0.4) is 0 Å². The second-order valence-electron chi connectivity index (χ2n) is 5.43. The van der Waals surface area contributed by atoms with Crippen LogP contribution in [0, 0.1) is 11.8 Å². The summed E-state index contributed by atoms with van der Waals surface area (Å²) in [5.74, 6) is 1.40. The van der Waals surface area contributed by atoms with E-state index in [-0.39, 0.29) is 0 Å². The molecule has 0 bridgehead atoms. The zero-order valence-electron chi connectivity index (χ0n) is 11.3. The number of nitrogens with zero attached hydrogens (tertiary/aromatic N) is 1. The van der Waals surface area contributed by atoms with Crippen molar-refractivity contribution in [2.75, 3.05) is 39.9 Å². The number of likely N-dealkylation sites (tertiary alicyclic amines) is 1. The first kappa shape index (κ1) is 13.9. The lowest BCUT2D eigenvalue weighted by Crippen LogP contribution is -2.48. The van der Waals surface area contributed by atoms with E-state index in [0.29, 0.717) is 12.0 Å². The third-order valence-corrected chi connectivity index (χ3v) is 3.36. The fourth-order valence-corrected chi connectivity index (χ4v) is 2.38. The molecule has 0 aromatic carbocycles. The van der Waals surface area contributed by atoms with Gasteiger partial charge in [-0.2, -0.15) is 0 Å². The highest BCUT2D eigenvalue weighted by atomic mass is 16.5. The van der Waals surface area contributed by atoms with Crippen LogP contribution < -0.4 is 5.32 Å². The van der Waals surface area contributed by atoms with Crippen LogP contribution >= 0.6 is 0 Å². The van der Waals surface area contributed by atoms with Crippen molar-refractivity contribution >= 4 is 0 Å². The molecular weight excluding hydrogens is 200 g/mol. The quantitative estimate of drug-likeness (QED) is 0.699. The Morgan fingerprint density at radius 3 is 2.75 bits per heavy atom. The Bertz CT molecular complexity index is 185. The van der Waals surface area contributed by atoms with E-state index >= 15 is 0 Å². The summed E-state index contributed by atoms with van der Waals surface area (Å²) in [6, 6.07) is 0.702. The summed E-state index contributed by atoms with van der Waals surface area (Å²) in [6.45, 7) is 12.0. The maximum absolute atomic E-state index is 5.63. The summed E-state index contributed by atoms with van der Waals surface area (Å²) < 4.78 is 5.63. The Hall–Kier alpha value is -0.120. The summed E-state index contributed by atoms with van der Waals surface area (Å²) >= 11 is 0. The third-order valence-electron chi connectivity index (χ3n) is 3.36. The zero-order valence-corrected chi connectivity index (χ0v) is 11.3. The highest BCUT2D eigenvalue weighted by Crippen LogP contribution is 2.15. The third kappa shape index (κ3) is 4.81. The van der Waals surface area contributed by atoms with Gasteiger partial charge in [0.2, 0.25) is 0 Å². The summed E-state index contributed by atoms with van der Waals surface area (Å²) in [6.07, 6.45) is 1.27. The van der Waals surface area contributed by atoms with E-state index in [9.17, 15) is 0 Å². The standard InChI is InChI=1S/C13H28N2O/c1-11(2)10-16-8-7-15-6-5-13(14-4)12(3)9-15/h11-14H,5-10H2,1-4H3. The zero-order chi connectivity index (χ0) is 12.0. The lowest BCUT2D eigenvalue weighted by atomic mass is 9.94. The van der Waals surface area contributed by atoms with E-state index in [0.717, 1.165) is 25.7 Å². The summed E-state index contributed by atoms with van der Waals surface area (Å²) in [4.78, 5) is 2.53. The van der Waals surface area contributed by atoms with Crippen LogP contribution in [0.25, 0.3) is 0 Å². The van der Waals surface area contributed by atoms with Crippen molar-refractivity contribution in [3.05, 3.63) is 0 Å². The van der Waals surface area contributed by atoms with Gasteiger partial charge in [0.05, 0.1) is 6.61 Å². The molecule has 2 unspecified atom stereocenters. The molecule has 0 radical (unpaired) electrons. The molecule has 1 N–H and O–H groups in total. The summed E-state index contributed by atoms with van der Waals surface area (Å²) in [7, 11) is 2.07. The molecule has 3 nitrogen and oxygen atoms in total. The van der Waals surface area contributed by atoms with Gasteiger partial charge < -0.3 is 15.0 Å². The predicted molar refractivity (Wildman–Crippen MR) is 68.7 cm³/mol. The molecule has 0 amide bonds. The fraction of sp³-hybridized carbons (Fsp3) is 1.00. The minimum Gasteiger partial charge on any atom is -0.380 e. The smallest absolute Gasteiger partial charge is 0.0593 e. The molecule has 2 atom stereocenters. The summed E-state index contributed by atoms with van der Waals surface area (Å²) in [5, 5.41) is 3.40. The fourth-order valence-electron chi connectivity index (χ4n) is 2.38. The molecule has 0 aromatic rings. The Morgan fingerprint density at radius 2 is 2.19 bits per heavy atom. The van der Waals surface area contributed by atoms with Gasteiger partial charge in [0.1, 0.15) is 0 Å². The van der Waals surface area contributed by atoms with Gasteiger partial charge in [-0.15, -0.1) is 0 Å². The molecule has 0 saturated carbocycles. The largest absolute Gasteiger partial charge is 0.380 e. The maximum atomic E-state index is 5.63. The van der Waals surface area contributed by atoms with Crippen molar-refractivity contribution in [2.24, 2.45) is 11.8 Å². The molecular formula is C13H28N2O. The minimum absolute atomic E-state index is 0.647. The van der Waals surface area contributed by atoms with Crippen LogP contribution in [0.5, 0.6) is 0 Å². The number of nitrogens with one attached hydrogen (secondary N) is 1. The van der Waals surface area contributed by atoms with E-state index in [1.165, 1.54) is 19.5 Å². The highest BCUT2D eigenvalue weighted by molar-refractivity contribution is 4.81. The lowest BCUT2D eigenvalue weighted by Gasteiger charge is -2.36. The van der Waals surface area contributed by atoms with Crippen molar-refractivity contribution in [3.8, 4) is 0 Å². The van der Waals surface area contributed by atoms with Crippen LogP contribution in [-0.4, -0.2) is 50.8 Å². The van der Waals surface area contributed by atoms with Gasteiger partial charge in [0.15, 0.2) is 0 Å². The highest BCUT2D eigenvalue weighted by Gasteiger charge is 2.24. The van der Waals surface area contributed by atoms with Gasteiger partial charge in [0.25, 0.3) is 0 Å². The second-order valence-corrected chi connectivity index (χ2v) is 5.43. The van der Waals surface area contributed by atoms with Gasteiger partial charge in [0, 0.05) is 25.7 Å². The van der Waals surface area contributed by atoms with Gasteiger partial charge in [-0.25, -0.2) is 0 Å². The monoisotopic (exact) mass is 228 g/mol. The van der Waals surface area contributed by atoms with Gasteiger partial charge >= 0.3 is 0 Å². The predicted octanol–water partition coefficient (Wildman–Crippen LogP) is 1.59. The van der Waals surface area contributed by atoms with Crippen molar-refractivity contribution in [1.29, 1.82) is 0 Å². The topological polar surface area (TPSA) is 24.5 Å². The van der Waals surface area contributed by atoms with Crippen LogP contribution in [0.4, 0.5) is 0 Å². The van der Waals surface area contributed by atoms with E-state index in [1.54, 1.807) is 0 Å². The number of ether oxygens (including phenoxy) is 1. The molecule has 0 aromatic heterocycles. The van der Waals surface area contributed by atoms with Gasteiger partial charge in [-0.3, -0.25) is 0 Å². The first-order chi connectivity index (χ1) is 7.63. The first-order valence-corrected chi connectivity index (χ1v) is 6.60. The van der Waals surface area contributed by atoms with Crippen molar-refractivity contribution in [3.63, 3.8) is 0 Å². The lowest BCUT2D eigenvalue weighted by molar-refractivity contribution is 0.0667. The van der Waals surface area contributed by atoms with E-state index in [2.05, 4.69) is 38.0 Å². The summed E-state index contributed by atoms with van der Waals surface area (Å²) in [5.41, 5.74) is 0. The minimum atomic E-state index is 0.647. The number of hydrogen-bond donors (Lipinski definition) is 1. The van der Waals surface area contributed by atoms with Crippen molar-refractivity contribution in [1.82, 2.24) is 10.2 Å². The molecule has 96 valence electrons. The molecule has 0 aliphatic carbocycles. The number of hydrogen-bond acceptors (Lipinski definition) is 3. The molecule has 1 rings (SSSR count). The number of piperidine rings is 1. The average molecular weight is 228 g/mol. The van der Waals surface area contributed by atoms with E-state index in [1.807, 2.05) is 0 Å².